The lowest BCUT2D eigenvalue weighted by Crippen LogP contribution is -2.24. The van der Waals surface area contributed by atoms with E-state index in [1.165, 1.54) is 10.8 Å². The summed E-state index contributed by atoms with van der Waals surface area (Å²) in [7, 11) is 0. The highest BCUT2D eigenvalue weighted by Crippen LogP contribution is 1.91. The Kier molecular flexibility index (Phi) is 3.50. The van der Waals surface area contributed by atoms with E-state index in [0.29, 0.717) is 6.42 Å². The van der Waals surface area contributed by atoms with Gasteiger partial charge >= 0.3 is 0 Å². The molecular weight excluding hydrogens is 162 g/mol. The van der Waals surface area contributed by atoms with Gasteiger partial charge in [-0.25, -0.2) is 0 Å². The predicted octanol–water partition coefficient (Wildman–Crippen LogP) is 0.747. The van der Waals surface area contributed by atoms with Crippen LogP contribution in [-0.2, 0) is 11.2 Å². The molecule has 0 aromatic carbocycles. The molecule has 0 saturated heterocycles. The first-order valence-electron chi connectivity index (χ1n) is 4.56. The largest absolute Gasteiger partial charge is 0.361 e. The second-order valence-corrected chi connectivity index (χ2v) is 2.92. The van der Waals surface area contributed by atoms with Crippen LogP contribution in [0.5, 0.6) is 0 Å². The van der Waals surface area contributed by atoms with Crippen molar-refractivity contribution in [2.24, 2.45) is 0 Å². The van der Waals surface area contributed by atoms with Gasteiger partial charge in [0.15, 0.2) is 0 Å². The highest BCUT2D eigenvalue weighted by molar-refractivity contribution is 5.50. The Morgan fingerprint density at radius 2 is 2.15 bits per heavy atom. The molecule has 0 radical (unpaired) electrons. The van der Waals surface area contributed by atoms with E-state index in [9.17, 15) is 4.79 Å². The van der Waals surface area contributed by atoms with Gasteiger partial charge in [-0.3, -0.25) is 0 Å². The molecule has 0 aliphatic rings. The Morgan fingerprint density at radius 1 is 1.38 bits per heavy atom. The summed E-state index contributed by atoms with van der Waals surface area (Å²) < 4.78 is 0. The maximum atomic E-state index is 10.2. The van der Waals surface area contributed by atoms with Gasteiger partial charge in [0.25, 0.3) is 0 Å². The quantitative estimate of drug-likeness (QED) is 0.679. The zero-order chi connectivity index (χ0) is 9.68. The Morgan fingerprint density at radius 3 is 2.69 bits per heavy atom. The molecular formula is C11H15NO. The summed E-state index contributed by atoms with van der Waals surface area (Å²) in [6, 6.07) is 0. The second kappa shape index (κ2) is 4.65. The van der Waals surface area contributed by atoms with Crippen molar-refractivity contribution >= 4 is 18.4 Å². The third-order valence-corrected chi connectivity index (χ3v) is 2.15. The van der Waals surface area contributed by atoms with Gasteiger partial charge in [0.1, 0.15) is 6.29 Å². The number of hydrogen-bond acceptors (Lipinski definition) is 1. The average molecular weight is 177 g/mol. The second-order valence-electron chi connectivity index (χ2n) is 2.92. The first kappa shape index (κ1) is 9.78. The minimum Gasteiger partial charge on any atom is -0.361 e. The van der Waals surface area contributed by atoms with Crippen molar-refractivity contribution in [3.05, 3.63) is 22.3 Å². The summed E-state index contributed by atoms with van der Waals surface area (Å²) in [4.78, 5) is 13.4. The van der Waals surface area contributed by atoms with Crippen LogP contribution in [0.2, 0.25) is 0 Å². The smallest absolute Gasteiger partial charge is 0.120 e. The number of hydrogen-bond donors (Lipinski definition) is 1. The Labute approximate surface area is 78.0 Å². The van der Waals surface area contributed by atoms with Gasteiger partial charge in [0.05, 0.1) is 0 Å². The molecule has 0 aliphatic heterocycles. The fourth-order valence-corrected chi connectivity index (χ4v) is 1.49. The average Bonchev–Trinajstić information content (AvgIpc) is 2.56. The first-order valence-corrected chi connectivity index (χ1v) is 4.56. The van der Waals surface area contributed by atoms with E-state index in [2.05, 4.69) is 11.1 Å². The van der Waals surface area contributed by atoms with Gasteiger partial charge in [-0.2, -0.15) is 0 Å². The molecule has 1 rings (SSSR count). The van der Waals surface area contributed by atoms with E-state index in [0.717, 1.165) is 18.1 Å². The number of aryl methyl sites for hydroxylation is 1. The van der Waals surface area contributed by atoms with E-state index >= 15 is 0 Å². The number of H-pyrrole nitrogens is 1. The molecule has 0 bridgehead atoms. The zero-order valence-electron chi connectivity index (χ0n) is 8.13. The summed E-state index contributed by atoms with van der Waals surface area (Å²) in [5, 5.41) is 2.37. The topological polar surface area (TPSA) is 32.9 Å². The molecule has 2 nitrogen and oxygen atoms in total. The molecule has 0 aliphatic carbocycles. The molecule has 2 heteroatoms. The minimum atomic E-state index is 0.599. The Balaban J connectivity index is 3.10. The summed E-state index contributed by atoms with van der Waals surface area (Å²) in [5.41, 5.74) is 1.22. The first-order chi connectivity index (χ1) is 6.33. The molecule has 0 amide bonds. The fraction of sp³-hybridized carbons (Fsp3) is 0.364. The van der Waals surface area contributed by atoms with Crippen LogP contribution in [0.15, 0.2) is 6.20 Å². The highest BCUT2D eigenvalue weighted by atomic mass is 16.1. The number of rotatable bonds is 3. The molecule has 13 heavy (non-hydrogen) atoms. The van der Waals surface area contributed by atoms with Crippen LogP contribution in [0, 0.1) is 0 Å². The lowest BCUT2D eigenvalue weighted by Gasteiger charge is -1.89. The molecule has 0 atom stereocenters. The Hall–Kier alpha value is -1.31. The van der Waals surface area contributed by atoms with E-state index in [4.69, 9.17) is 0 Å². The lowest BCUT2D eigenvalue weighted by molar-refractivity contribution is -0.107. The third kappa shape index (κ3) is 2.08. The Bertz CT molecular complexity index is 387. The molecule has 0 fully saturated rings. The zero-order valence-corrected chi connectivity index (χ0v) is 8.13. The molecule has 1 aromatic heterocycles. The summed E-state index contributed by atoms with van der Waals surface area (Å²) in [5.74, 6) is 0. The van der Waals surface area contributed by atoms with Gasteiger partial charge in [-0.1, -0.05) is 12.2 Å². The number of carbonyl (C=O) groups is 1. The molecule has 1 heterocycles. The van der Waals surface area contributed by atoms with Gasteiger partial charge in [0.2, 0.25) is 0 Å². The molecule has 1 N–H and O–H groups in total. The number of aromatic amines is 1. The van der Waals surface area contributed by atoms with Crippen molar-refractivity contribution in [3.8, 4) is 0 Å². The molecule has 0 unspecified atom stereocenters. The summed E-state index contributed by atoms with van der Waals surface area (Å²) in [6.45, 7) is 4.02. The van der Waals surface area contributed by atoms with Crippen LogP contribution in [0.1, 0.15) is 25.8 Å². The van der Waals surface area contributed by atoms with Crippen LogP contribution >= 0.6 is 0 Å². The van der Waals surface area contributed by atoms with Crippen LogP contribution in [0.4, 0.5) is 0 Å². The van der Waals surface area contributed by atoms with Crippen molar-refractivity contribution in [1.29, 1.82) is 0 Å². The van der Waals surface area contributed by atoms with Gasteiger partial charge in [-0.05, 0) is 31.1 Å². The van der Waals surface area contributed by atoms with Gasteiger partial charge in [-0.15, -0.1) is 0 Å². The maximum absolute atomic E-state index is 10.2. The molecule has 0 saturated carbocycles. The summed E-state index contributed by atoms with van der Waals surface area (Å²) in [6.07, 6.45) is 8.48. The standard InChI is InChI=1S/C11H15NO/c1-3-10-9(6-5-7-13)8-12-11(10)4-2/h3-4,7-8,12H,5-6H2,1-2H3/b10-3-,11-4+. The van der Waals surface area contributed by atoms with Crippen molar-refractivity contribution in [2.45, 2.75) is 26.7 Å². The van der Waals surface area contributed by atoms with E-state index < -0.39 is 0 Å². The van der Waals surface area contributed by atoms with Crippen LogP contribution in [0.3, 0.4) is 0 Å². The normalized spacial score (nSPS) is 13.7. The SMILES string of the molecule is C/C=c1/c(CCC=O)c[nH]/c1=C/C. The molecule has 1 aromatic rings. The monoisotopic (exact) mass is 177 g/mol. The fourth-order valence-electron chi connectivity index (χ4n) is 1.49. The number of aromatic nitrogens is 1. The molecule has 0 spiro atoms. The van der Waals surface area contributed by atoms with Gasteiger partial charge < -0.3 is 9.78 Å². The van der Waals surface area contributed by atoms with Crippen LogP contribution in [-0.4, -0.2) is 11.3 Å². The predicted molar refractivity (Wildman–Crippen MR) is 54.7 cm³/mol. The van der Waals surface area contributed by atoms with Crippen LogP contribution < -0.4 is 10.6 Å². The van der Waals surface area contributed by atoms with Crippen molar-refractivity contribution in [3.63, 3.8) is 0 Å². The van der Waals surface area contributed by atoms with Crippen molar-refractivity contribution < 1.29 is 4.79 Å². The maximum Gasteiger partial charge on any atom is 0.120 e. The third-order valence-electron chi connectivity index (χ3n) is 2.15. The number of aldehydes is 1. The van der Waals surface area contributed by atoms with Crippen molar-refractivity contribution in [1.82, 2.24) is 4.98 Å². The lowest BCUT2D eigenvalue weighted by atomic mass is 10.1. The summed E-state index contributed by atoms with van der Waals surface area (Å²) >= 11 is 0. The van der Waals surface area contributed by atoms with E-state index in [1.807, 2.05) is 26.1 Å². The minimum absolute atomic E-state index is 0.599. The highest BCUT2D eigenvalue weighted by Gasteiger charge is 1.96. The number of carbonyl (C=O) groups excluding carboxylic acids is 1. The van der Waals surface area contributed by atoms with E-state index in [-0.39, 0.29) is 0 Å². The van der Waals surface area contributed by atoms with E-state index in [1.54, 1.807) is 0 Å². The van der Waals surface area contributed by atoms with Crippen molar-refractivity contribution in [2.75, 3.05) is 0 Å². The van der Waals surface area contributed by atoms with Crippen LogP contribution in [0.25, 0.3) is 12.2 Å². The molecule has 70 valence electrons. The number of nitrogens with one attached hydrogen (secondary N) is 1. The van der Waals surface area contributed by atoms with Gasteiger partial charge in [0, 0.05) is 18.0 Å².